The minimum atomic E-state index is 0.153. The molecule has 0 bridgehead atoms. The van der Waals surface area contributed by atoms with Crippen LogP contribution in [0.5, 0.6) is 0 Å². The summed E-state index contributed by atoms with van der Waals surface area (Å²) in [4.78, 5) is 8.87. The number of nitrogens with zero attached hydrogens (tertiary/aromatic N) is 2. The van der Waals surface area contributed by atoms with Crippen molar-refractivity contribution in [2.75, 3.05) is 11.1 Å². The third-order valence-corrected chi connectivity index (χ3v) is 4.33. The number of pyridine rings is 1. The lowest BCUT2D eigenvalue weighted by atomic mass is 10.1. The van der Waals surface area contributed by atoms with Crippen LogP contribution in [0.25, 0.3) is 10.9 Å². The van der Waals surface area contributed by atoms with Crippen LogP contribution in [0, 0.1) is 6.92 Å². The highest BCUT2D eigenvalue weighted by atomic mass is 32.1. The minimum Gasteiger partial charge on any atom is -0.397 e. The topological polar surface area (TPSA) is 63.8 Å². The van der Waals surface area contributed by atoms with E-state index in [1.54, 1.807) is 17.5 Å². The van der Waals surface area contributed by atoms with Crippen molar-refractivity contribution in [3.8, 4) is 0 Å². The van der Waals surface area contributed by atoms with E-state index in [0.29, 0.717) is 5.69 Å². The number of thiazole rings is 1. The Morgan fingerprint density at radius 1 is 1.30 bits per heavy atom. The fourth-order valence-electron chi connectivity index (χ4n) is 2.19. The fourth-order valence-corrected chi connectivity index (χ4v) is 2.99. The molecule has 3 rings (SSSR count). The molecule has 4 nitrogen and oxygen atoms in total. The zero-order chi connectivity index (χ0) is 14.1. The smallest absolute Gasteiger partial charge is 0.115 e. The Kier molecular flexibility index (Phi) is 3.28. The maximum atomic E-state index is 5.97. The Morgan fingerprint density at radius 3 is 2.90 bits per heavy atom. The molecule has 0 aliphatic rings. The number of hydrogen-bond donors (Lipinski definition) is 2. The molecule has 0 saturated heterocycles. The predicted octanol–water partition coefficient (Wildman–Crippen LogP) is 3.76. The number of rotatable bonds is 3. The van der Waals surface area contributed by atoms with Gasteiger partial charge in [0, 0.05) is 28.3 Å². The third kappa shape index (κ3) is 2.32. The van der Waals surface area contributed by atoms with Gasteiger partial charge in [0.2, 0.25) is 0 Å². The van der Waals surface area contributed by atoms with Crippen LogP contribution in [0.15, 0.2) is 35.8 Å². The van der Waals surface area contributed by atoms with Gasteiger partial charge < -0.3 is 11.1 Å². The van der Waals surface area contributed by atoms with Crippen LogP contribution >= 0.6 is 11.3 Å². The molecule has 1 atom stereocenters. The largest absolute Gasteiger partial charge is 0.397 e. The molecule has 0 amide bonds. The lowest BCUT2D eigenvalue weighted by Gasteiger charge is -2.15. The van der Waals surface area contributed by atoms with E-state index in [1.807, 2.05) is 31.2 Å². The van der Waals surface area contributed by atoms with Crippen LogP contribution in [0.3, 0.4) is 0 Å². The van der Waals surface area contributed by atoms with E-state index in [-0.39, 0.29) is 6.04 Å². The lowest BCUT2D eigenvalue weighted by molar-refractivity contribution is 0.866. The number of aryl methyl sites for hydroxylation is 1. The second-order valence-electron chi connectivity index (χ2n) is 4.80. The Bertz CT molecular complexity index is 750. The molecule has 20 heavy (non-hydrogen) atoms. The molecule has 3 aromatic rings. The summed E-state index contributed by atoms with van der Waals surface area (Å²) < 4.78 is 0. The van der Waals surface area contributed by atoms with Crippen molar-refractivity contribution in [2.24, 2.45) is 0 Å². The summed E-state index contributed by atoms with van der Waals surface area (Å²) >= 11 is 1.67. The van der Waals surface area contributed by atoms with Crippen molar-refractivity contribution in [2.45, 2.75) is 19.9 Å². The van der Waals surface area contributed by atoms with Crippen LogP contribution in [0.4, 0.5) is 11.4 Å². The summed E-state index contributed by atoms with van der Waals surface area (Å²) in [5.74, 6) is 0. The SMILES string of the molecule is Cc1csc(C(C)Nc2ccc(N)c3ncccc23)n1. The fraction of sp³-hybridized carbons (Fsp3) is 0.200. The summed E-state index contributed by atoms with van der Waals surface area (Å²) in [5, 5.41) is 7.67. The molecular weight excluding hydrogens is 268 g/mol. The summed E-state index contributed by atoms with van der Waals surface area (Å²) in [6.45, 7) is 4.12. The van der Waals surface area contributed by atoms with E-state index < -0.39 is 0 Å². The number of fused-ring (bicyclic) bond motifs is 1. The van der Waals surface area contributed by atoms with E-state index in [0.717, 1.165) is 27.3 Å². The average molecular weight is 284 g/mol. The summed E-state index contributed by atoms with van der Waals surface area (Å²) in [6.07, 6.45) is 1.76. The minimum absolute atomic E-state index is 0.153. The van der Waals surface area contributed by atoms with Crippen molar-refractivity contribution >= 4 is 33.6 Å². The molecule has 0 saturated carbocycles. The third-order valence-electron chi connectivity index (χ3n) is 3.18. The van der Waals surface area contributed by atoms with E-state index in [9.17, 15) is 0 Å². The van der Waals surface area contributed by atoms with Gasteiger partial charge in [-0.1, -0.05) is 0 Å². The highest BCUT2D eigenvalue weighted by Gasteiger charge is 2.11. The first-order chi connectivity index (χ1) is 9.65. The number of benzene rings is 1. The van der Waals surface area contributed by atoms with Crippen molar-refractivity contribution in [3.05, 3.63) is 46.5 Å². The Hall–Kier alpha value is -2.14. The summed E-state index contributed by atoms with van der Waals surface area (Å²) in [7, 11) is 0. The first kappa shape index (κ1) is 12.9. The number of nitrogens with two attached hydrogens (primary N) is 1. The van der Waals surface area contributed by atoms with Crippen molar-refractivity contribution < 1.29 is 0 Å². The summed E-state index contributed by atoms with van der Waals surface area (Å²) in [5.41, 5.74) is 9.59. The predicted molar refractivity (Wildman–Crippen MR) is 85.0 cm³/mol. The van der Waals surface area contributed by atoms with Gasteiger partial charge in [-0.3, -0.25) is 4.98 Å². The van der Waals surface area contributed by atoms with Gasteiger partial charge in [-0.05, 0) is 38.1 Å². The highest BCUT2D eigenvalue weighted by molar-refractivity contribution is 7.09. The zero-order valence-corrected chi connectivity index (χ0v) is 12.2. The molecule has 0 aliphatic carbocycles. The monoisotopic (exact) mass is 284 g/mol. The average Bonchev–Trinajstić information content (AvgIpc) is 2.89. The Morgan fingerprint density at radius 2 is 2.15 bits per heavy atom. The molecule has 0 radical (unpaired) electrons. The molecule has 1 aromatic carbocycles. The van der Waals surface area contributed by atoms with Crippen LogP contribution in [-0.4, -0.2) is 9.97 Å². The number of hydrogen-bond acceptors (Lipinski definition) is 5. The van der Waals surface area contributed by atoms with Gasteiger partial charge in [0.25, 0.3) is 0 Å². The van der Waals surface area contributed by atoms with E-state index in [2.05, 4.69) is 27.6 Å². The molecule has 102 valence electrons. The van der Waals surface area contributed by atoms with Gasteiger partial charge in [0.05, 0.1) is 17.2 Å². The van der Waals surface area contributed by atoms with Crippen LogP contribution < -0.4 is 11.1 Å². The van der Waals surface area contributed by atoms with Gasteiger partial charge in [-0.25, -0.2) is 4.98 Å². The van der Waals surface area contributed by atoms with Crippen molar-refractivity contribution in [1.82, 2.24) is 9.97 Å². The molecule has 1 unspecified atom stereocenters. The van der Waals surface area contributed by atoms with Crippen molar-refractivity contribution in [1.29, 1.82) is 0 Å². The molecule has 0 aliphatic heterocycles. The normalized spacial score (nSPS) is 12.5. The molecule has 0 fully saturated rings. The van der Waals surface area contributed by atoms with Gasteiger partial charge in [0.15, 0.2) is 0 Å². The molecule has 5 heteroatoms. The Balaban J connectivity index is 1.97. The maximum Gasteiger partial charge on any atom is 0.115 e. The number of anilines is 2. The standard InChI is InChI=1S/C15H16N4S/c1-9-8-20-15(18-9)10(2)19-13-6-5-12(16)14-11(13)4-3-7-17-14/h3-8,10,19H,16H2,1-2H3. The second-order valence-corrected chi connectivity index (χ2v) is 5.68. The molecule has 0 spiro atoms. The molecular formula is C15H16N4S. The molecule has 2 aromatic heterocycles. The first-order valence-electron chi connectivity index (χ1n) is 6.47. The summed E-state index contributed by atoms with van der Waals surface area (Å²) in [6, 6.07) is 7.99. The number of nitrogens with one attached hydrogen (secondary N) is 1. The van der Waals surface area contributed by atoms with E-state index in [1.165, 1.54) is 0 Å². The van der Waals surface area contributed by atoms with Crippen LogP contribution in [0.2, 0.25) is 0 Å². The van der Waals surface area contributed by atoms with Gasteiger partial charge in [-0.15, -0.1) is 11.3 Å². The van der Waals surface area contributed by atoms with Crippen LogP contribution in [-0.2, 0) is 0 Å². The lowest BCUT2D eigenvalue weighted by Crippen LogP contribution is -2.07. The zero-order valence-electron chi connectivity index (χ0n) is 11.4. The number of nitrogen functional groups attached to an aromatic ring is 1. The van der Waals surface area contributed by atoms with Gasteiger partial charge in [-0.2, -0.15) is 0 Å². The highest BCUT2D eigenvalue weighted by Crippen LogP contribution is 2.30. The van der Waals surface area contributed by atoms with Crippen LogP contribution in [0.1, 0.15) is 23.7 Å². The van der Waals surface area contributed by atoms with Crippen molar-refractivity contribution in [3.63, 3.8) is 0 Å². The molecule has 3 N–H and O–H groups in total. The molecule has 2 heterocycles. The van der Waals surface area contributed by atoms with Gasteiger partial charge >= 0.3 is 0 Å². The number of aromatic nitrogens is 2. The van der Waals surface area contributed by atoms with E-state index >= 15 is 0 Å². The first-order valence-corrected chi connectivity index (χ1v) is 7.35. The Labute approximate surface area is 121 Å². The second kappa shape index (κ2) is 5.09. The van der Waals surface area contributed by atoms with E-state index in [4.69, 9.17) is 5.73 Å². The maximum absolute atomic E-state index is 5.97. The quantitative estimate of drug-likeness (QED) is 0.719. The van der Waals surface area contributed by atoms with Gasteiger partial charge in [0.1, 0.15) is 5.01 Å².